The lowest BCUT2D eigenvalue weighted by atomic mass is 10.1. The van der Waals surface area contributed by atoms with Crippen molar-refractivity contribution < 1.29 is 18.3 Å². The summed E-state index contributed by atoms with van der Waals surface area (Å²) >= 11 is 1.16. The number of rotatable bonds is 2. The Hall–Kier alpha value is -3.07. The molecule has 0 aliphatic heterocycles. The Bertz CT molecular complexity index is 1210. The van der Waals surface area contributed by atoms with Crippen LogP contribution in [0.3, 0.4) is 0 Å². The van der Waals surface area contributed by atoms with Crippen LogP contribution in [0.25, 0.3) is 27.1 Å². The summed E-state index contributed by atoms with van der Waals surface area (Å²) in [5, 5.41) is 6.03. The van der Waals surface area contributed by atoms with E-state index in [0.717, 1.165) is 23.5 Å². The summed E-state index contributed by atoms with van der Waals surface area (Å²) in [6.45, 7) is 0. The van der Waals surface area contributed by atoms with Crippen molar-refractivity contribution in [2.24, 2.45) is 0 Å². The minimum atomic E-state index is -0.989. The van der Waals surface area contributed by atoms with Gasteiger partial charge in [0.25, 0.3) is 5.56 Å². The molecule has 4 rings (SSSR count). The summed E-state index contributed by atoms with van der Waals surface area (Å²) in [6.07, 6.45) is 0. The number of carbonyl (C=O) groups is 1. The minimum absolute atomic E-state index is 0.149. The first-order chi connectivity index (χ1) is 12.0. The SMILES string of the molecule is COC(=O)c1csc2c1c(=O)[nH]c1cc(-c3ccc(F)c(F)c3)nn12. The largest absolute Gasteiger partial charge is 0.465 e. The van der Waals surface area contributed by atoms with Gasteiger partial charge in [-0.1, -0.05) is 0 Å². The Kier molecular flexibility index (Phi) is 3.39. The van der Waals surface area contributed by atoms with E-state index in [0.29, 0.717) is 21.7 Å². The van der Waals surface area contributed by atoms with Crippen LogP contribution in [0.4, 0.5) is 8.78 Å². The van der Waals surface area contributed by atoms with E-state index >= 15 is 0 Å². The summed E-state index contributed by atoms with van der Waals surface area (Å²) in [7, 11) is 1.23. The summed E-state index contributed by atoms with van der Waals surface area (Å²) in [4.78, 5) is 27.2. The van der Waals surface area contributed by atoms with Crippen LogP contribution in [0.5, 0.6) is 0 Å². The second-order valence-electron chi connectivity index (χ2n) is 5.23. The highest BCUT2D eigenvalue weighted by atomic mass is 32.1. The highest BCUT2D eigenvalue weighted by Crippen LogP contribution is 2.27. The van der Waals surface area contributed by atoms with Crippen LogP contribution in [-0.2, 0) is 4.74 Å². The van der Waals surface area contributed by atoms with Crippen LogP contribution in [0.15, 0.2) is 34.4 Å². The van der Waals surface area contributed by atoms with E-state index in [1.54, 1.807) is 6.07 Å². The molecule has 25 heavy (non-hydrogen) atoms. The quantitative estimate of drug-likeness (QED) is 0.557. The topological polar surface area (TPSA) is 76.5 Å². The van der Waals surface area contributed by atoms with Gasteiger partial charge < -0.3 is 9.72 Å². The maximum Gasteiger partial charge on any atom is 0.339 e. The number of thiophene rings is 1. The molecule has 0 amide bonds. The van der Waals surface area contributed by atoms with Crippen LogP contribution in [-0.4, -0.2) is 27.7 Å². The third kappa shape index (κ3) is 2.31. The number of benzene rings is 1. The molecule has 0 aliphatic rings. The van der Waals surface area contributed by atoms with Gasteiger partial charge in [0.2, 0.25) is 0 Å². The zero-order valence-corrected chi connectivity index (χ0v) is 13.5. The highest BCUT2D eigenvalue weighted by Gasteiger charge is 2.19. The molecule has 9 heteroatoms. The molecule has 3 heterocycles. The number of hydrogen-bond donors (Lipinski definition) is 1. The zero-order chi connectivity index (χ0) is 17.7. The third-order valence-corrected chi connectivity index (χ3v) is 4.72. The average molecular weight is 361 g/mol. The normalized spacial score (nSPS) is 11.3. The molecule has 0 radical (unpaired) electrons. The monoisotopic (exact) mass is 361 g/mol. The molecule has 126 valence electrons. The van der Waals surface area contributed by atoms with Crippen molar-refractivity contribution in [3.8, 4) is 11.3 Å². The number of hydrogen-bond acceptors (Lipinski definition) is 5. The molecule has 6 nitrogen and oxygen atoms in total. The Balaban J connectivity index is 1.98. The number of aromatic amines is 1. The predicted molar refractivity (Wildman–Crippen MR) is 87.9 cm³/mol. The van der Waals surface area contributed by atoms with Crippen molar-refractivity contribution in [1.82, 2.24) is 14.6 Å². The summed E-state index contributed by atoms with van der Waals surface area (Å²) < 4.78 is 32.7. The molecule has 1 aromatic carbocycles. The van der Waals surface area contributed by atoms with Crippen LogP contribution < -0.4 is 5.56 Å². The number of aromatic nitrogens is 3. The van der Waals surface area contributed by atoms with Crippen molar-refractivity contribution in [2.75, 3.05) is 7.11 Å². The van der Waals surface area contributed by atoms with E-state index in [9.17, 15) is 18.4 Å². The molecular formula is C16H9F2N3O3S. The Morgan fingerprint density at radius 3 is 2.80 bits per heavy atom. The Labute approximate surface area is 142 Å². The number of carbonyl (C=O) groups excluding carboxylic acids is 1. The van der Waals surface area contributed by atoms with Gasteiger partial charge in [0.1, 0.15) is 10.5 Å². The van der Waals surface area contributed by atoms with Gasteiger partial charge in [0, 0.05) is 17.0 Å². The highest BCUT2D eigenvalue weighted by molar-refractivity contribution is 7.17. The van der Waals surface area contributed by atoms with Crippen molar-refractivity contribution in [3.63, 3.8) is 0 Å². The van der Waals surface area contributed by atoms with Crippen LogP contribution in [0.1, 0.15) is 10.4 Å². The number of ether oxygens (including phenoxy) is 1. The molecule has 4 aromatic rings. The molecular weight excluding hydrogens is 352 g/mol. The number of halogens is 2. The maximum atomic E-state index is 13.5. The smallest absolute Gasteiger partial charge is 0.339 e. The summed E-state index contributed by atoms with van der Waals surface area (Å²) in [5.41, 5.74) is 0.781. The predicted octanol–water partition coefficient (Wildman–Crippen LogP) is 2.97. The number of fused-ring (bicyclic) bond motifs is 3. The standard InChI is InChI=1S/C16H9F2N3O3S/c1-24-16(23)8-6-25-15-13(8)14(22)19-12-5-11(20-21(12)15)7-2-3-9(17)10(18)4-7/h2-6H,1H3,(H,19,22). The van der Waals surface area contributed by atoms with E-state index in [2.05, 4.69) is 14.8 Å². The first-order valence-corrected chi connectivity index (χ1v) is 7.94. The van der Waals surface area contributed by atoms with Crippen molar-refractivity contribution in [1.29, 1.82) is 0 Å². The summed E-state index contributed by atoms with van der Waals surface area (Å²) in [5.74, 6) is -2.56. The van der Waals surface area contributed by atoms with Crippen LogP contribution >= 0.6 is 11.3 Å². The third-order valence-electron chi connectivity index (χ3n) is 3.76. The van der Waals surface area contributed by atoms with Gasteiger partial charge in [-0.15, -0.1) is 11.3 Å². The van der Waals surface area contributed by atoms with Crippen molar-refractivity contribution in [2.45, 2.75) is 0 Å². The lowest BCUT2D eigenvalue weighted by Gasteiger charge is -1.98. The second-order valence-corrected chi connectivity index (χ2v) is 6.09. The van der Waals surface area contributed by atoms with Gasteiger partial charge in [-0.3, -0.25) is 4.79 Å². The van der Waals surface area contributed by atoms with E-state index < -0.39 is 23.2 Å². The minimum Gasteiger partial charge on any atom is -0.465 e. The van der Waals surface area contributed by atoms with Gasteiger partial charge in [0.05, 0.1) is 23.8 Å². The first kappa shape index (κ1) is 15.5. The molecule has 0 unspecified atom stereocenters. The van der Waals surface area contributed by atoms with Gasteiger partial charge >= 0.3 is 5.97 Å². The average Bonchev–Trinajstić information content (AvgIpc) is 3.21. The fourth-order valence-electron chi connectivity index (χ4n) is 2.58. The van der Waals surface area contributed by atoms with Crippen LogP contribution in [0.2, 0.25) is 0 Å². The zero-order valence-electron chi connectivity index (χ0n) is 12.7. The van der Waals surface area contributed by atoms with E-state index in [1.807, 2.05) is 0 Å². The maximum absolute atomic E-state index is 13.5. The number of nitrogens with zero attached hydrogens (tertiary/aromatic N) is 2. The van der Waals surface area contributed by atoms with Crippen molar-refractivity contribution in [3.05, 3.63) is 57.2 Å². The lowest BCUT2D eigenvalue weighted by Crippen LogP contribution is -2.12. The fraction of sp³-hybridized carbons (Fsp3) is 0.0625. The molecule has 0 saturated heterocycles. The molecule has 0 fully saturated rings. The number of esters is 1. The molecule has 1 N–H and O–H groups in total. The number of methoxy groups -OCH3 is 1. The molecule has 0 bridgehead atoms. The van der Waals surface area contributed by atoms with Gasteiger partial charge in [0.15, 0.2) is 11.6 Å². The van der Waals surface area contributed by atoms with E-state index in [-0.39, 0.29) is 10.9 Å². The van der Waals surface area contributed by atoms with Gasteiger partial charge in [-0.25, -0.2) is 18.1 Å². The van der Waals surface area contributed by atoms with E-state index in [1.165, 1.54) is 23.1 Å². The second kappa shape index (κ2) is 5.49. The van der Waals surface area contributed by atoms with Crippen LogP contribution in [0, 0.1) is 11.6 Å². The Morgan fingerprint density at radius 2 is 2.08 bits per heavy atom. The molecule has 0 saturated carbocycles. The molecule has 0 atom stereocenters. The summed E-state index contributed by atoms with van der Waals surface area (Å²) in [6, 6.07) is 4.98. The van der Waals surface area contributed by atoms with Gasteiger partial charge in [-0.05, 0) is 18.2 Å². The molecule has 0 aliphatic carbocycles. The Morgan fingerprint density at radius 1 is 1.28 bits per heavy atom. The first-order valence-electron chi connectivity index (χ1n) is 7.06. The lowest BCUT2D eigenvalue weighted by molar-refractivity contribution is 0.0603. The van der Waals surface area contributed by atoms with E-state index in [4.69, 9.17) is 0 Å². The molecule has 3 aromatic heterocycles. The number of H-pyrrole nitrogens is 1. The fourth-order valence-corrected chi connectivity index (χ4v) is 3.59. The number of nitrogens with one attached hydrogen (secondary N) is 1. The molecule has 0 spiro atoms. The van der Waals surface area contributed by atoms with Crippen molar-refractivity contribution >= 4 is 33.2 Å². The van der Waals surface area contributed by atoms with Gasteiger partial charge in [-0.2, -0.15) is 5.10 Å².